The molecule has 1 aromatic heterocycles. The van der Waals surface area contributed by atoms with Crippen LogP contribution < -0.4 is 10.1 Å². The number of anilines is 1. The molecule has 0 amide bonds. The molecular formula is C23H20N2OS. The zero-order chi connectivity index (χ0) is 18.3. The molecule has 3 nitrogen and oxygen atoms in total. The lowest BCUT2D eigenvalue weighted by Gasteiger charge is -2.08. The maximum Gasteiger partial charge on any atom is 0.123 e. The number of nitrogens with one attached hydrogen (secondary N) is 1. The molecule has 0 atom stereocenters. The molecule has 0 saturated heterocycles. The Bertz CT molecular complexity index is 966. The first kappa shape index (κ1) is 17.3. The first-order valence-electron chi connectivity index (χ1n) is 8.87. The fraction of sp³-hybridized carbons (Fsp3) is 0.0870. The molecule has 1 N–H and O–H groups in total. The first-order valence-corrected chi connectivity index (χ1v) is 9.75. The number of ether oxygens (including phenoxy) is 1. The van der Waals surface area contributed by atoms with Crippen LogP contribution in [-0.4, -0.2) is 4.98 Å². The number of rotatable bonds is 7. The molecule has 0 saturated carbocycles. The van der Waals surface area contributed by atoms with Gasteiger partial charge in [0.25, 0.3) is 0 Å². The number of hydrogen-bond donors (Lipinski definition) is 1. The second-order valence-electron chi connectivity index (χ2n) is 6.16. The summed E-state index contributed by atoms with van der Waals surface area (Å²) in [7, 11) is 0. The van der Waals surface area contributed by atoms with E-state index in [0.717, 1.165) is 33.3 Å². The summed E-state index contributed by atoms with van der Waals surface area (Å²) >= 11 is 1.67. The summed E-state index contributed by atoms with van der Waals surface area (Å²) in [6.07, 6.45) is 0. The highest BCUT2D eigenvalue weighted by molar-refractivity contribution is 7.13. The highest BCUT2D eigenvalue weighted by Gasteiger charge is 2.04. The molecule has 0 aliphatic heterocycles. The van der Waals surface area contributed by atoms with Crippen LogP contribution in [-0.2, 0) is 13.2 Å². The van der Waals surface area contributed by atoms with Gasteiger partial charge in [-0.15, -0.1) is 11.3 Å². The van der Waals surface area contributed by atoms with Gasteiger partial charge in [-0.2, -0.15) is 0 Å². The van der Waals surface area contributed by atoms with Crippen molar-refractivity contribution < 1.29 is 4.74 Å². The Morgan fingerprint density at radius 3 is 2.26 bits per heavy atom. The maximum atomic E-state index is 5.82. The molecule has 0 aliphatic rings. The van der Waals surface area contributed by atoms with E-state index in [4.69, 9.17) is 9.72 Å². The molecule has 3 aromatic carbocycles. The van der Waals surface area contributed by atoms with Gasteiger partial charge in [-0.25, -0.2) is 4.98 Å². The molecule has 0 bridgehead atoms. The molecular weight excluding hydrogens is 352 g/mol. The van der Waals surface area contributed by atoms with E-state index in [-0.39, 0.29) is 0 Å². The van der Waals surface area contributed by atoms with Gasteiger partial charge in [0.2, 0.25) is 0 Å². The lowest BCUT2D eigenvalue weighted by molar-refractivity contribution is 0.306. The lowest BCUT2D eigenvalue weighted by atomic mass is 10.2. The highest BCUT2D eigenvalue weighted by atomic mass is 32.1. The van der Waals surface area contributed by atoms with Crippen molar-refractivity contribution in [3.8, 4) is 16.3 Å². The van der Waals surface area contributed by atoms with Gasteiger partial charge in [-0.1, -0.05) is 60.7 Å². The van der Waals surface area contributed by atoms with E-state index in [0.29, 0.717) is 13.2 Å². The van der Waals surface area contributed by atoms with Crippen molar-refractivity contribution in [3.05, 3.63) is 102 Å². The summed E-state index contributed by atoms with van der Waals surface area (Å²) in [5, 5.41) is 6.57. The van der Waals surface area contributed by atoms with Crippen LogP contribution in [0.15, 0.2) is 90.3 Å². The molecule has 0 aliphatic carbocycles. The molecule has 134 valence electrons. The van der Waals surface area contributed by atoms with Crippen molar-refractivity contribution >= 4 is 17.0 Å². The van der Waals surface area contributed by atoms with Crippen LogP contribution in [0.4, 0.5) is 5.69 Å². The molecule has 0 radical (unpaired) electrons. The van der Waals surface area contributed by atoms with Crippen LogP contribution >= 0.6 is 11.3 Å². The van der Waals surface area contributed by atoms with Crippen LogP contribution in [0.3, 0.4) is 0 Å². The van der Waals surface area contributed by atoms with Gasteiger partial charge in [0.05, 0.1) is 12.2 Å². The van der Waals surface area contributed by atoms with Gasteiger partial charge in [-0.05, 0) is 29.8 Å². The molecule has 4 rings (SSSR count). The smallest absolute Gasteiger partial charge is 0.123 e. The van der Waals surface area contributed by atoms with Crippen LogP contribution in [0, 0.1) is 0 Å². The number of aromatic nitrogens is 1. The normalized spacial score (nSPS) is 10.5. The predicted octanol–water partition coefficient (Wildman–Crippen LogP) is 6.00. The van der Waals surface area contributed by atoms with Gasteiger partial charge >= 0.3 is 0 Å². The number of nitrogens with zero attached hydrogens (tertiary/aromatic N) is 1. The molecule has 4 aromatic rings. The standard InChI is InChI=1S/C23H20N2OS/c1-3-7-18(8-4-1)16-26-22-13-11-20(12-14-22)24-15-21-17-27-23(25-21)19-9-5-2-6-10-19/h1-14,17,24H,15-16H2. The Morgan fingerprint density at radius 1 is 0.815 bits per heavy atom. The summed E-state index contributed by atoms with van der Waals surface area (Å²) in [5.41, 5.74) is 4.42. The van der Waals surface area contributed by atoms with Crippen LogP contribution in [0.1, 0.15) is 11.3 Å². The van der Waals surface area contributed by atoms with E-state index in [1.807, 2.05) is 60.7 Å². The van der Waals surface area contributed by atoms with Crippen LogP contribution in [0.2, 0.25) is 0 Å². The number of hydrogen-bond acceptors (Lipinski definition) is 4. The van der Waals surface area contributed by atoms with Crippen molar-refractivity contribution in [3.63, 3.8) is 0 Å². The van der Waals surface area contributed by atoms with Gasteiger partial charge < -0.3 is 10.1 Å². The Hall–Kier alpha value is -3.11. The topological polar surface area (TPSA) is 34.1 Å². The van der Waals surface area contributed by atoms with E-state index in [1.54, 1.807) is 11.3 Å². The summed E-state index contributed by atoms with van der Waals surface area (Å²) in [6, 6.07) is 28.5. The number of thiazole rings is 1. The quantitative estimate of drug-likeness (QED) is 0.432. The second kappa shape index (κ2) is 8.52. The molecule has 0 spiro atoms. The molecule has 4 heteroatoms. The van der Waals surface area contributed by atoms with Crippen molar-refractivity contribution in [2.45, 2.75) is 13.2 Å². The fourth-order valence-corrected chi connectivity index (χ4v) is 3.53. The van der Waals surface area contributed by atoms with Crippen molar-refractivity contribution in [2.24, 2.45) is 0 Å². The van der Waals surface area contributed by atoms with Crippen molar-refractivity contribution in [1.82, 2.24) is 4.98 Å². The Labute approximate surface area is 163 Å². The van der Waals surface area contributed by atoms with Gasteiger partial charge in [0.15, 0.2) is 0 Å². The third-order valence-corrected chi connectivity index (χ3v) is 5.09. The molecule has 1 heterocycles. The van der Waals surface area contributed by atoms with Gasteiger partial charge in [0.1, 0.15) is 17.4 Å². The second-order valence-corrected chi connectivity index (χ2v) is 7.02. The average Bonchev–Trinajstić information content (AvgIpc) is 3.22. The molecule has 0 fully saturated rings. The highest BCUT2D eigenvalue weighted by Crippen LogP contribution is 2.24. The third kappa shape index (κ3) is 4.74. The van der Waals surface area contributed by atoms with Crippen LogP contribution in [0.25, 0.3) is 10.6 Å². The van der Waals surface area contributed by atoms with E-state index >= 15 is 0 Å². The van der Waals surface area contributed by atoms with Crippen molar-refractivity contribution in [2.75, 3.05) is 5.32 Å². The molecule has 0 unspecified atom stereocenters. The number of benzene rings is 3. The minimum Gasteiger partial charge on any atom is -0.489 e. The molecule has 27 heavy (non-hydrogen) atoms. The van der Waals surface area contributed by atoms with E-state index < -0.39 is 0 Å². The lowest BCUT2D eigenvalue weighted by Crippen LogP contribution is -2.00. The summed E-state index contributed by atoms with van der Waals surface area (Å²) in [6.45, 7) is 1.28. The third-order valence-electron chi connectivity index (χ3n) is 4.15. The zero-order valence-corrected chi connectivity index (χ0v) is 15.7. The minimum absolute atomic E-state index is 0.578. The Kier molecular flexibility index (Phi) is 5.46. The van der Waals surface area contributed by atoms with E-state index in [9.17, 15) is 0 Å². The largest absolute Gasteiger partial charge is 0.489 e. The fourth-order valence-electron chi connectivity index (χ4n) is 2.70. The summed E-state index contributed by atoms with van der Waals surface area (Å²) in [4.78, 5) is 4.71. The van der Waals surface area contributed by atoms with Gasteiger partial charge in [-0.3, -0.25) is 0 Å². The SMILES string of the molecule is c1ccc(COc2ccc(NCc3csc(-c4ccccc4)n3)cc2)cc1. The summed E-state index contributed by atoms with van der Waals surface area (Å²) < 4.78 is 5.82. The maximum absolute atomic E-state index is 5.82. The Morgan fingerprint density at radius 2 is 1.52 bits per heavy atom. The van der Waals surface area contributed by atoms with E-state index in [1.165, 1.54) is 0 Å². The van der Waals surface area contributed by atoms with E-state index in [2.05, 4.69) is 35.0 Å². The average molecular weight is 372 g/mol. The zero-order valence-electron chi connectivity index (χ0n) is 14.8. The predicted molar refractivity (Wildman–Crippen MR) is 112 cm³/mol. The van der Waals surface area contributed by atoms with Crippen molar-refractivity contribution in [1.29, 1.82) is 0 Å². The van der Waals surface area contributed by atoms with Gasteiger partial charge in [0, 0.05) is 16.6 Å². The first-order chi connectivity index (χ1) is 13.4. The minimum atomic E-state index is 0.578. The Balaban J connectivity index is 1.31. The monoisotopic (exact) mass is 372 g/mol. The summed E-state index contributed by atoms with van der Waals surface area (Å²) in [5.74, 6) is 0.865. The van der Waals surface area contributed by atoms with Crippen LogP contribution in [0.5, 0.6) is 5.75 Å².